The first-order chi connectivity index (χ1) is 24.7. The standard InChI is InChI=1S/C17H24N2O6S.C9H12BrNO2S.C8H13NO4/c1-6-25-17(21)16(18-24-5)15(12(2)20)11-13-7-9-14(10-8-13)26(22,23)19(3)4;1-11(2)14(12,13)9-5-3-8(7-10)4-6-9;1-4-13-8(11)7(9-12-3)5-6(2)10/h7-10,15H,6,11H2,1-5H3;3-6H,7H2,1-2H3;4-5H2,1-3H3/b18-16-;;9-7-. The molecule has 0 N–H and O–H groups in total. The number of hydrogen-bond acceptors (Lipinski definition) is 14. The minimum absolute atomic E-state index is 0.00292. The van der Waals surface area contributed by atoms with Gasteiger partial charge in [0, 0.05) is 33.5 Å². The molecule has 1 unspecified atom stereocenters. The quantitative estimate of drug-likeness (QED) is 0.0970. The minimum Gasteiger partial charge on any atom is -0.461 e. The number of rotatable bonds is 17. The van der Waals surface area contributed by atoms with Crippen molar-refractivity contribution in [3.8, 4) is 0 Å². The van der Waals surface area contributed by atoms with Gasteiger partial charge >= 0.3 is 11.9 Å². The number of hydrogen-bond donors (Lipinski definition) is 0. The lowest BCUT2D eigenvalue weighted by Gasteiger charge is -2.16. The van der Waals surface area contributed by atoms with Crippen molar-refractivity contribution in [3.05, 3.63) is 59.7 Å². The second-order valence-electron chi connectivity index (χ2n) is 11.1. The summed E-state index contributed by atoms with van der Waals surface area (Å²) in [5.41, 5.74) is 1.61. The van der Waals surface area contributed by atoms with Crippen LogP contribution < -0.4 is 0 Å². The van der Waals surface area contributed by atoms with Crippen molar-refractivity contribution >= 4 is 70.9 Å². The number of benzene rings is 2. The van der Waals surface area contributed by atoms with Gasteiger partial charge in [-0.05, 0) is 69.5 Å². The van der Waals surface area contributed by atoms with Gasteiger partial charge < -0.3 is 19.1 Å². The van der Waals surface area contributed by atoms with Crippen LogP contribution >= 0.6 is 15.9 Å². The fourth-order valence-electron chi connectivity index (χ4n) is 3.89. The van der Waals surface area contributed by atoms with E-state index in [1.54, 1.807) is 50.2 Å². The summed E-state index contributed by atoms with van der Waals surface area (Å²) in [7, 11) is 1.70. The van der Waals surface area contributed by atoms with E-state index in [1.165, 1.54) is 72.7 Å². The van der Waals surface area contributed by atoms with Gasteiger partial charge in [0.1, 0.15) is 25.8 Å². The van der Waals surface area contributed by atoms with Gasteiger partial charge in [-0.3, -0.25) is 9.59 Å². The Labute approximate surface area is 320 Å². The lowest BCUT2D eigenvalue weighted by Crippen LogP contribution is -2.32. The number of sulfonamides is 2. The number of ketones is 2. The molecule has 0 aliphatic carbocycles. The molecule has 0 spiro atoms. The molecule has 0 heterocycles. The minimum atomic E-state index is -3.54. The highest BCUT2D eigenvalue weighted by atomic mass is 79.9. The number of nitrogens with zero attached hydrogens (tertiary/aromatic N) is 4. The van der Waals surface area contributed by atoms with Crippen LogP contribution in [0.4, 0.5) is 0 Å². The summed E-state index contributed by atoms with van der Waals surface area (Å²) < 4.78 is 59.4. The predicted molar refractivity (Wildman–Crippen MR) is 203 cm³/mol. The Morgan fingerprint density at radius 2 is 1.11 bits per heavy atom. The second kappa shape index (κ2) is 24.3. The fourth-order valence-corrected chi connectivity index (χ4v) is 6.06. The third kappa shape index (κ3) is 16.7. The van der Waals surface area contributed by atoms with Gasteiger partial charge in [0.25, 0.3) is 0 Å². The summed E-state index contributed by atoms with van der Waals surface area (Å²) >= 11 is 3.30. The first-order valence-corrected chi connectivity index (χ1v) is 19.9. The zero-order valence-corrected chi connectivity index (χ0v) is 34.8. The molecule has 0 saturated heterocycles. The van der Waals surface area contributed by atoms with Gasteiger partial charge in [-0.2, -0.15) is 0 Å². The SMILES string of the molecule is CCOC(=O)/C(=N\OC)C(Cc1ccc(S(=O)(=O)N(C)C)cc1)C(C)=O.CCOC(=O)/C(CC(C)=O)=N\OC.CN(C)S(=O)(=O)c1ccc(CBr)cc1. The number of Topliss-reactive ketones (excluding diaryl/α,β-unsaturated/α-hetero) is 2. The number of esters is 2. The van der Waals surface area contributed by atoms with Crippen molar-refractivity contribution in [2.24, 2.45) is 16.2 Å². The maximum absolute atomic E-state index is 12.1. The number of carbonyl (C=O) groups is 4. The van der Waals surface area contributed by atoms with Crippen molar-refractivity contribution in [2.75, 3.05) is 55.6 Å². The normalized spacial score (nSPS) is 12.4. The van der Waals surface area contributed by atoms with Crippen LogP contribution in [-0.4, -0.2) is 116 Å². The highest BCUT2D eigenvalue weighted by molar-refractivity contribution is 9.08. The van der Waals surface area contributed by atoms with Crippen LogP contribution in [0.2, 0.25) is 0 Å². The summed E-state index contributed by atoms with van der Waals surface area (Å²) in [6.45, 7) is 6.43. The van der Waals surface area contributed by atoms with Crippen molar-refractivity contribution in [2.45, 2.75) is 55.7 Å². The van der Waals surface area contributed by atoms with Gasteiger partial charge in [0.15, 0.2) is 11.4 Å². The van der Waals surface area contributed by atoms with E-state index >= 15 is 0 Å². The zero-order chi connectivity index (χ0) is 40.9. The summed E-state index contributed by atoms with van der Waals surface area (Å²) in [6.07, 6.45) is 0.102. The van der Waals surface area contributed by atoms with Crippen molar-refractivity contribution in [1.82, 2.24) is 8.61 Å². The third-order valence-corrected chi connectivity index (χ3v) is 10.9. The fraction of sp³-hybridized carbons (Fsp3) is 0.471. The Kier molecular flexibility index (Phi) is 22.5. The highest BCUT2D eigenvalue weighted by Crippen LogP contribution is 2.19. The molecule has 19 heteroatoms. The Morgan fingerprint density at radius 1 is 0.698 bits per heavy atom. The Morgan fingerprint density at radius 3 is 1.45 bits per heavy atom. The summed E-state index contributed by atoms with van der Waals surface area (Å²) in [6, 6.07) is 12.9. The molecule has 0 aromatic heterocycles. The molecule has 1 atom stereocenters. The Bertz CT molecular complexity index is 1780. The lowest BCUT2D eigenvalue weighted by molar-refractivity contribution is -0.136. The molecule has 0 aliphatic heterocycles. The molecule has 296 valence electrons. The van der Waals surface area contributed by atoms with Gasteiger partial charge in [0.2, 0.25) is 20.0 Å². The third-order valence-electron chi connectivity index (χ3n) is 6.62. The molecule has 0 radical (unpaired) electrons. The second-order valence-corrected chi connectivity index (χ2v) is 15.9. The van der Waals surface area contributed by atoms with Gasteiger partial charge in [-0.15, -0.1) is 0 Å². The van der Waals surface area contributed by atoms with Crippen LogP contribution in [0.25, 0.3) is 0 Å². The first kappa shape index (κ1) is 49.0. The van der Waals surface area contributed by atoms with E-state index in [4.69, 9.17) is 4.74 Å². The van der Waals surface area contributed by atoms with E-state index in [1.807, 2.05) is 0 Å². The van der Waals surface area contributed by atoms with Gasteiger partial charge in [-0.1, -0.05) is 50.5 Å². The zero-order valence-electron chi connectivity index (χ0n) is 31.6. The molecule has 0 aliphatic rings. The van der Waals surface area contributed by atoms with Gasteiger partial charge in [-0.25, -0.2) is 35.0 Å². The number of carbonyl (C=O) groups excluding carboxylic acids is 4. The van der Waals surface area contributed by atoms with E-state index in [-0.39, 0.29) is 53.9 Å². The topological polar surface area (TPSA) is 205 Å². The molecule has 2 aromatic carbocycles. The first-order valence-electron chi connectivity index (χ1n) is 15.9. The molecule has 2 aromatic rings. The van der Waals surface area contributed by atoms with Crippen LogP contribution in [0.5, 0.6) is 0 Å². The van der Waals surface area contributed by atoms with Gasteiger partial charge in [0.05, 0.1) is 35.3 Å². The molecular weight excluding hydrogens is 800 g/mol. The van der Waals surface area contributed by atoms with Crippen LogP contribution in [0.15, 0.2) is 68.6 Å². The summed E-state index contributed by atoms with van der Waals surface area (Å²) in [5.74, 6) is -2.63. The average molecular weight is 850 g/mol. The lowest BCUT2D eigenvalue weighted by atomic mass is 9.91. The highest BCUT2D eigenvalue weighted by Gasteiger charge is 2.30. The van der Waals surface area contributed by atoms with Crippen LogP contribution in [0, 0.1) is 5.92 Å². The Balaban J connectivity index is 0.000000843. The monoisotopic (exact) mass is 848 g/mol. The molecule has 0 bridgehead atoms. The number of alkyl halides is 1. The van der Waals surface area contributed by atoms with E-state index in [9.17, 15) is 36.0 Å². The molecule has 0 saturated carbocycles. The van der Waals surface area contributed by atoms with Crippen molar-refractivity contribution < 1.29 is 55.2 Å². The summed E-state index contributed by atoms with van der Waals surface area (Å²) in [4.78, 5) is 55.4. The molecule has 0 fully saturated rings. The largest absolute Gasteiger partial charge is 0.461 e. The molecule has 0 amide bonds. The van der Waals surface area contributed by atoms with E-state index in [0.717, 1.165) is 15.2 Å². The Hall–Kier alpha value is -4.04. The van der Waals surface area contributed by atoms with E-state index < -0.39 is 37.9 Å². The van der Waals surface area contributed by atoms with Crippen molar-refractivity contribution in [3.63, 3.8) is 0 Å². The van der Waals surface area contributed by atoms with E-state index in [2.05, 4.69) is 40.7 Å². The molecule has 53 heavy (non-hydrogen) atoms. The maximum atomic E-state index is 12.1. The molecular formula is C34H49BrN4O12S2. The number of ether oxygens (including phenoxy) is 2. The number of oxime groups is 2. The maximum Gasteiger partial charge on any atom is 0.356 e. The number of halogens is 1. The molecule has 16 nitrogen and oxygen atoms in total. The average Bonchev–Trinajstić information content (AvgIpc) is 3.10. The van der Waals surface area contributed by atoms with Crippen LogP contribution in [0.3, 0.4) is 0 Å². The van der Waals surface area contributed by atoms with Crippen LogP contribution in [0.1, 0.15) is 45.2 Å². The van der Waals surface area contributed by atoms with Crippen LogP contribution in [-0.2, 0) is 70.1 Å². The van der Waals surface area contributed by atoms with Crippen molar-refractivity contribution in [1.29, 1.82) is 0 Å². The smallest absolute Gasteiger partial charge is 0.356 e. The predicted octanol–water partition coefficient (Wildman–Crippen LogP) is 3.61. The molecule has 2 rings (SSSR count). The summed E-state index contributed by atoms with van der Waals surface area (Å²) in [5, 5.41) is 7.79. The van der Waals surface area contributed by atoms with E-state index in [0.29, 0.717) is 10.5 Å².